The monoisotopic (exact) mass is 259 g/mol. The first-order valence-corrected chi connectivity index (χ1v) is 5.65. The van der Waals surface area contributed by atoms with Crippen LogP contribution in [0.3, 0.4) is 0 Å². The van der Waals surface area contributed by atoms with Gasteiger partial charge in [0.2, 0.25) is 0 Å². The Labute approximate surface area is 109 Å². The molecule has 0 unspecified atom stereocenters. The lowest BCUT2D eigenvalue weighted by Gasteiger charge is -2.09. The van der Waals surface area contributed by atoms with Gasteiger partial charge in [-0.3, -0.25) is 0 Å². The second kappa shape index (κ2) is 5.44. The summed E-state index contributed by atoms with van der Waals surface area (Å²) in [4.78, 5) is 4.16. The van der Waals surface area contributed by atoms with Crippen molar-refractivity contribution >= 4 is 5.82 Å². The third kappa shape index (κ3) is 3.05. The molecule has 0 saturated heterocycles. The van der Waals surface area contributed by atoms with Crippen LogP contribution in [0, 0.1) is 29.9 Å². The second-order valence-corrected chi connectivity index (χ2v) is 4.05. The Hall–Kier alpha value is -2.48. The van der Waals surface area contributed by atoms with Crippen molar-refractivity contribution in [1.29, 1.82) is 5.26 Å². The van der Waals surface area contributed by atoms with E-state index >= 15 is 0 Å². The van der Waals surface area contributed by atoms with Crippen LogP contribution in [0.25, 0.3) is 0 Å². The molecule has 1 N–H and O–H groups in total. The van der Waals surface area contributed by atoms with Gasteiger partial charge in [-0.1, -0.05) is 0 Å². The highest BCUT2D eigenvalue weighted by molar-refractivity contribution is 5.52. The van der Waals surface area contributed by atoms with Crippen LogP contribution in [-0.2, 0) is 6.54 Å². The molecule has 0 atom stereocenters. The van der Waals surface area contributed by atoms with E-state index in [1.54, 1.807) is 19.1 Å². The predicted octanol–water partition coefficient (Wildman–Crippen LogP) is 3.15. The Morgan fingerprint density at radius 1 is 1.26 bits per heavy atom. The fourth-order valence-corrected chi connectivity index (χ4v) is 1.64. The summed E-state index contributed by atoms with van der Waals surface area (Å²) in [5.41, 5.74) is 1.29. The molecule has 0 aliphatic heterocycles. The third-order valence-corrected chi connectivity index (χ3v) is 2.61. The van der Waals surface area contributed by atoms with E-state index in [2.05, 4.69) is 10.3 Å². The first kappa shape index (κ1) is 13.0. The molecule has 0 fully saturated rings. The van der Waals surface area contributed by atoms with E-state index in [4.69, 9.17) is 5.26 Å². The molecule has 5 heteroatoms. The van der Waals surface area contributed by atoms with Gasteiger partial charge in [-0.15, -0.1) is 0 Å². The van der Waals surface area contributed by atoms with Crippen LogP contribution in [0.15, 0.2) is 30.3 Å². The Kier molecular flexibility index (Phi) is 3.71. The summed E-state index contributed by atoms with van der Waals surface area (Å²) < 4.78 is 26.5. The fraction of sp³-hybridized carbons (Fsp3) is 0.143. The van der Waals surface area contributed by atoms with Crippen molar-refractivity contribution in [3.8, 4) is 6.07 Å². The maximum atomic E-state index is 13.4. The molecule has 0 spiro atoms. The van der Waals surface area contributed by atoms with Crippen LogP contribution in [-0.4, -0.2) is 4.98 Å². The Morgan fingerprint density at radius 2 is 2.05 bits per heavy atom. The number of rotatable bonds is 3. The molecule has 0 aliphatic carbocycles. The summed E-state index contributed by atoms with van der Waals surface area (Å²) >= 11 is 0. The largest absolute Gasteiger partial charge is 0.365 e. The van der Waals surface area contributed by atoms with E-state index in [9.17, 15) is 8.78 Å². The highest BCUT2D eigenvalue weighted by Crippen LogP contribution is 2.15. The van der Waals surface area contributed by atoms with Gasteiger partial charge >= 0.3 is 0 Å². The highest BCUT2D eigenvalue weighted by Gasteiger charge is 2.07. The van der Waals surface area contributed by atoms with Gasteiger partial charge < -0.3 is 5.32 Å². The highest BCUT2D eigenvalue weighted by atomic mass is 19.1. The van der Waals surface area contributed by atoms with Crippen LogP contribution in [0.2, 0.25) is 0 Å². The smallest absolute Gasteiger partial charge is 0.144 e. The minimum Gasteiger partial charge on any atom is -0.365 e. The average molecular weight is 259 g/mol. The van der Waals surface area contributed by atoms with E-state index in [1.807, 2.05) is 6.07 Å². The number of hydrogen-bond donors (Lipinski definition) is 1. The Bertz CT molecular complexity index is 648. The van der Waals surface area contributed by atoms with Gasteiger partial charge in [0.1, 0.15) is 23.5 Å². The summed E-state index contributed by atoms with van der Waals surface area (Å²) in [6, 6.07) is 8.58. The van der Waals surface area contributed by atoms with Crippen molar-refractivity contribution in [3.63, 3.8) is 0 Å². The summed E-state index contributed by atoms with van der Waals surface area (Å²) in [7, 11) is 0. The molecule has 2 rings (SSSR count). The second-order valence-electron chi connectivity index (χ2n) is 4.05. The van der Waals surface area contributed by atoms with Crippen LogP contribution in [0.1, 0.15) is 16.8 Å². The van der Waals surface area contributed by atoms with Gasteiger partial charge in [-0.2, -0.15) is 5.26 Å². The third-order valence-electron chi connectivity index (χ3n) is 2.61. The molecule has 1 aromatic heterocycles. The zero-order valence-electron chi connectivity index (χ0n) is 10.2. The maximum absolute atomic E-state index is 13.4. The van der Waals surface area contributed by atoms with Crippen molar-refractivity contribution in [2.45, 2.75) is 13.5 Å². The Balaban J connectivity index is 2.21. The predicted molar refractivity (Wildman–Crippen MR) is 67.4 cm³/mol. The zero-order valence-corrected chi connectivity index (χ0v) is 10.2. The van der Waals surface area contributed by atoms with E-state index in [0.717, 1.165) is 23.9 Å². The van der Waals surface area contributed by atoms with E-state index < -0.39 is 11.6 Å². The Morgan fingerprint density at radius 3 is 2.79 bits per heavy atom. The fourth-order valence-electron chi connectivity index (χ4n) is 1.64. The van der Waals surface area contributed by atoms with Crippen LogP contribution >= 0.6 is 0 Å². The van der Waals surface area contributed by atoms with Crippen molar-refractivity contribution in [2.75, 3.05) is 5.32 Å². The number of nitrogens with one attached hydrogen (secondary N) is 1. The summed E-state index contributed by atoms with van der Waals surface area (Å²) in [5, 5.41) is 11.8. The molecule has 1 aromatic carbocycles. The van der Waals surface area contributed by atoms with Gasteiger partial charge in [-0.25, -0.2) is 13.8 Å². The molecule has 0 radical (unpaired) electrons. The maximum Gasteiger partial charge on any atom is 0.144 e. The molecule has 0 aliphatic rings. The number of hydrogen-bond acceptors (Lipinski definition) is 3. The van der Waals surface area contributed by atoms with E-state index in [-0.39, 0.29) is 12.1 Å². The molecule has 2 aromatic rings. The average Bonchev–Trinajstić information content (AvgIpc) is 2.40. The molecule has 19 heavy (non-hydrogen) atoms. The molecule has 96 valence electrons. The molecular weight excluding hydrogens is 248 g/mol. The van der Waals surface area contributed by atoms with E-state index in [1.165, 1.54) is 0 Å². The molecule has 1 heterocycles. The summed E-state index contributed by atoms with van der Waals surface area (Å²) in [6.07, 6.45) is 0. The molecular formula is C14H11F2N3. The number of aromatic nitrogens is 1. The molecule has 0 saturated carbocycles. The first-order valence-electron chi connectivity index (χ1n) is 5.65. The summed E-state index contributed by atoms with van der Waals surface area (Å²) in [6.45, 7) is 1.85. The number of halogens is 2. The number of pyridine rings is 1. The van der Waals surface area contributed by atoms with Crippen LogP contribution < -0.4 is 5.32 Å². The summed E-state index contributed by atoms with van der Waals surface area (Å²) in [5.74, 6) is -0.637. The molecule has 0 bridgehead atoms. The van der Waals surface area contributed by atoms with Gasteiger partial charge in [0, 0.05) is 17.8 Å². The van der Waals surface area contributed by atoms with E-state index in [0.29, 0.717) is 11.4 Å². The minimum absolute atomic E-state index is 0.0642. The van der Waals surface area contributed by atoms with Crippen LogP contribution in [0.5, 0.6) is 0 Å². The van der Waals surface area contributed by atoms with Crippen molar-refractivity contribution in [1.82, 2.24) is 4.98 Å². The number of aryl methyl sites for hydroxylation is 1. The van der Waals surface area contributed by atoms with Crippen molar-refractivity contribution in [3.05, 3.63) is 58.8 Å². The van der Waals surface area contributed by atoms with Crippen molar-refractivity contribution in [2.24, 2.45) is 0 Å². The normalized spacial score (nSPS) is 10.0. The van der Waals surface area contributed by atoms with Gasteiger partial charge in [-0.05, 0) is 37.3 Å². The van der Waals surface area contributed by atoms with Gasteiger partial charge in [0.25, 0.3) is 0 Å². The van der Waals surface area contributed by atoms with Crippen molar-refractivity contribution < 1.29 is 8.78 Å². The SMILES string of the molecule is Cc1ccc(C#N)c(NCc2cc(F)ccc2F)n1. The topological polar surface area (TPSA) is 48.7 Å². The first-order chi connectivity index (χ1) is 9.10. The molecule has 3 nitrogen and oxygen atoms in total. The lowest BCUT2D eigenvalue weighted by molar-refractivity contribution is 0.587. The minimum atomic E-state index is -0.504. The lowest BCUT2D eigenvalue weighted by atomic mass is 10.2. The zero-order chi connectivity index (χ0) is 13.8. The quantitative estimate of drug-likeness (QED) is 0.921. The standard InChI is InChI=1S/C14H11F2N3/c1-9-2-3-10(7-17)14(19-9)18-8-11-6-12(15)4-5-13(11)16/h2-6H,8H2,1H3,(H,18,19). The van der Waals surface area contributed by atoms with Crippen LogP contribution in [0.4, 0.5) is 14.6 Å². The number of anilines is 1. The molecule has 0 amide bonds. The van der Waals surface area contributed by atoms with Gasteiger partial charge in [0.15, 0.2) is 0 Å². The number of nitrogens with zero attached hydrogens (tertiary/aromatic N) is 2. The number of nitriles is 1. The lowest BCUT2D eigenvalue weighted by Crippen LogP contribution is -2.06. The van der Waals surface area contributed by atoms with Gasteiger partial charge in [0.05, 0.1) is 5.56 Å². The number of benzene rings is 1.